The number of halogens is 3. The van der Waals surface area contributed by atoms with Crippen LogP contribution in [0.4, 0.5) is 24.7 Å². The second-order valence-electron chi connectivity index (χ2n) is 7.55. The number of carbonyl (C=O) groups excluding carboxylic acids is 2. The number of alkyl halides is 3. The lowest BCUT2D eigenvalue weighted by Crippen LogP contribution is -2.52. The zero-order chi connectivity index (χ0) is 23.0. The maximum Gasteiger partial charge on any atom is 0.417 e. The van der Waals surface area contributed by atoms with Gasteiger partial charge in [0.2, 0.25) is 0 Å². The second-order valence-corrected chi connectivity index (χ2v) is 7.55. The third-order valence-corrected chi connectivity index (χ3v) is 5.40. The van der Waals surface area contributed by atoms with Crippen LogP contribution < -0.4 is 11.1 Å². The number of morpholine rings is 1. The van der Waals surface area contributed by atoms with Gasteiger partial charge >= 0.3 is 18.0 Å². The van der Waals surface area contributed by atoms with Gasteiger partial charge in [0.15, 0.2) is 0 Å². The molecule has 0 spiro atoms. The summed E-state index contributed by atoms with van der Waals surface area (Å²) in [5, 5.41) is 2.55. The van der Waals surface area contributed by atoms with Crippen molar-refractivity contribution in [2.24, 2.45) is 0 Å². The van der Waals surface area contributed by atoms with Crippen LogP contribution in [0.3, 0.4) is 0 Å². The Morgan fingerprint density at radius 3 is 2.56 bits per heavy atom. The molecule has 0 radical (unpaired) electrons. The maximum absolute atomic E-state index is 13.1. The lowest BCUT2D eigenvalue weighted by Gasteiger charge is -2.39. The molecule has 0 aromatic carbocycles. The van der Waals surface area contributed by atoms with Crippen LogP contribution in [0.15, 0.2) is 24.5 Å². The SMILES string of the molecule is CC1COCC(c2ccc(C(F)(F)F)cn2)N1C(=O)C(=O)Nc1cnc(N)c2c1COC2. The molecule has 2 amide bonds. The predicted molar refractivity (Wildman–Crippen MR) is 105 cm³/mol. The summed E-state index contributed by atoms with van der Waals surface area (Å²) in [6, 6.07) is 0.738. The quantitative estimate of drug-likeness (QED) is 0.671. The molecule has 4 heterocycles. The number of hydrogen-bond donors (Lipinski definition) is 2. The Labute approximate surface area is 180 Å². The fourth-order valence-corrected chi connectivity index (χ4v) is 3.75. The van der Waals surface area contributed by atoms with Crippen molar-refractivity contribution < 1.29 is 32.2 Å². The number of rotatable bonds is 2. The van der Waals surface area contributed by atoms with Crippen molar-refractivity contribution in [3.8, 4) is 0 Å². The summed E-state index contributed by atoms with van der Waals surface area (Å²) in [4.78, 5) is 35.0. The van der Waals surface area contributed by atoms with Crippen molar-refractivity contribution in [1.82, 2.24) is 14.9 Å². The predicted octanol–water partition coefficient (Wildman–Crippen LogP) is 2.03. The number of pyridine rings is 2. The average Bonchev–Trinajstić information content (AvgIpc) is 3.26. The van der Waals surface area contributed by atoms with Gasteiger partial charge in [0, 0.05) is 17.3 Å². The monoisotopic (exact) mass is 451 g/mol. The number of amides is 2. The molecular weight excluding hydrogens is 431 g/mol. The number of fused-ring (bicyclic) bond motifs is 1. The normalized spacial score (nSPS) is 20.7. The number of ether oxygens (including phenoxy) is 2. The van der Waals surface area contributed by atoms with Gasteiger partial charge in [0.1, 0.15) is 5.82 Å². The fraction of sp³-hybridized carbons (Fsp3) is 0.400. The first-order chi connectivity index (χ1) is 15.2. The Bertz CT molecular complexity index is 1040. The van der Waals surface area contributed by atoms with Crippen LogP contribution in [0.1, 0.15) is 35.3 Å². The second kappa shape index (κ2) is 8.36. The van der Waals surface area contributed by atoms with Gasteiger partial charge in [-0.15, -0.1) is 0 Å². The van der Waals surface area contributed by atoms with Crippen LogP contribution in [-0.2, 0) is 38.5 Å². The third kappa shape index (κ3) is 4.10. The molecule has 3 N–H and O–H groups in total. The molecular formula is C20H20F3N5O4. The van der Waals surface area contributed by atoms with Crippen LogP contribution >= 0.6 is 0 Å². The van der Waals surface area contributed by atoms with Gasteiger partial charge < -0.3 is 25.4 Å². The van der Waals surface area contributed by atoms with Gasteiger partial charge in [-0.1, -0.05) is 0 Å². The van der Waals surface area contributed by atoms with Crippen LogP contribution in [-0.4, -0.2) is 45.9 Å². The van der Waals surface area contributed by atoms with Crippen LogP contribution in [0.5, 0.6) is 0 Å². The van der Waals surface area contributed by atoms with E-state index in [1.165, 1.54) is 17.2 Å². The number of anilines is 2. The molecule has 0 aliphatic carbocycles. The van der Waals surface area contributed by atoms with E-state index < -0.39 is 35.6 Å². The minimum Gasteiger partial charge on any atom is -0.383 e. The van der Waals surface area contributed by atoms with E-state index >= 15 is 0 Å². The standard InChI is InChI=1S/C20H20F3N5O4/c1-10-6-31-9-16(14-3-2-11(4-25-14)20(21,22)23)28(10)19(30)18(29)27-15-5-26-17(24)13-8-32-7-12(13)15/h2-5,10,16H,6-9H2,1H3,(H2,24,26)(H,27,29). The summed E-state index contributed by atoms with van der Waals surface area (Å²) in [6.07, 6.45) is -2.49. The molecule has 0 bridgehead atoms. The molecule has 2 unspecified atom stereocenters. The first-order valence-corrected chi connectivity index (χ1v) is 9.75. The van der Waals surface area contributed by atoms with E-state index in [1.807, 2.05) is 0 Å². The molecule has 2 aromatic rings. The molecule has 9 nitrogen and oxygen atoms in total. The summed E-state index contributed by atoms with van der Waals surface area (Å²) in [5.74, 6) is -1.50. The molecule has 1 fully saturated rings. The van der Waals surface area contributed by atoms with E-state index in [2.05, 4.69) is 15.3 Å². The molecule has 2 aromatic heterocycles. The topological polar surface area (TPSA) is 120 Å². The van der Waals surface area contributed by atoms with Crippen molar-refractivity contribution in [3.05, 3.63) is 46.9 Å². The van der Waals surface area contributed by atoms with Crippen molar-refractivity contribution >= 4 is 23.3 Å². The van der Waals surface area contributed by atoms with E-state index in [-0.39, 0.29) is 37.9 Å². The van der Waals surface area contributed by atoms with E-state index in [1.54, 1.807) is 6.92 Å². The number of hydrogen-bond acceptors (Lipinski definition) is 7. The zero-order valence-corrected chi connectivity index (χ0v) is 17.0. The molecule has 2 atom stereocenters. The lowest BCUT2D eigenvalue weighted by molar-refractivity contribution is -0.153. The Morgan fingerprint density at radius 2 is 1.88 bits per heavy atom. The van der Waals surface area contributed by atoms with E-state index in [0.29, 0.717) is 23.0 Å². The summed E-state index contributed by atoms with van der Waals surface area (Å²) in [6.45, 7) is 2.32. The van der Waals surface area contributed by atoms with Crippen molar-refractivity contribution in [1.29, 1.82) is 0 Å². The smallest absolute Gasteiger partial charge is 0.383 e. The highest BCUT2D eigenvalue weighted by atomic mass is 19.4. The number of nitrogen functional groups attached to an aromatic ring is 1. The summed E-state index contributed by atoms with van der Waals surface area (Å²) in [5.41, 5.74) is 6.71. The summed E-state index contributed by atoms with van der Waals surface area (Å²) >= 11 is 0. The third-order valence-electron chi connectivity index (χ3n) is 5.40. The van der Waals surface area contributed by atoms with E-state index in [4.69, 9.17) is 15.2 Å². The number of aromatic nitrogens is 2. The molecule has 0 saturated carbocycles. The Morgan fingerprint density at radius 1 is 1.12 bits per heavy atom. The van der Waals surface area contributed by atoms with Gasteiger partial charge in [-0.05, 0) is 19.1 Å². The number of carbonyl (C=O) groups is 2. The van der Waals surface area contributed by atoms with Gasteiger partial charge in [-0.3, -0.25) is 14.6 Å². The van der Waals surface area contributed by atoms with E-state index in [9.17, 15) is 22.8 Å². The highest BCUT2D eigenvalue weighted by Crippen LogP contribution is 2.32. The summed E-state index contributed by atoms with van der Waals surface area (Å²) in [7, 11) is 0. The highest BCUT2D eigenvalue weighted by molar-refractivity contribution is 6.39. The minimum absolute atomic E-state index is 0.00557. The summed E-state index contributed by atoms with van der Waals surface area (Å²) < 4.78 is 49.4. The van der Waals surface area contributed by atoms with Crippen molar-refractivity contribution in [3.63, 3.8) is 0 Å². The largest absolute Gasteiger partial charge is 0.417 e. The molecule has 4 rings (SSSR count). The molecule has 32 heavy (non-hydrogen) atoms. The van der Waals surface area contributed by atoms with Crippen LogP contribution in [0.25, 0.3) is 0 Å². The minimum atomic E-state index is -4.53. The Balaban J connectivity index is 1.56. The van der Waals surface area contributed by atoms with Crippen molar-refractivity contribution in [2.75, 3.05) is 24.3 Å². The Hall–Kier alpha value is -3.25. The van der Waals surface area contributed by atoms with E-state index in [0.717, 1.165) is 6.07 Å². The van der Waals surface area contributed by atoms with Gasteiger partial charge in [0.05, 0.1) is 61.7 Å². The first kappa shape index (κ1) is 22.0. The average molecular weight is 451 g/mol. The molecule has 170 valence electrons. The molecule has 1 saturated heterocycles. The molecule has 12 heteroatoms. The van der Waals surface area contributed by atoms with Gasteiger partial charge in [-0.25, -0.2) is 4.98 Å². The highest BCUT2D eigenvalue weighted by Gasteiger charge is 2.38. The number of nitrogens with zero attached hydrogens (tertiary/aromatic N) is 3. The van der Waals surface area contributed by atoms with Gasteiger partial charge in [0.25, 0.3) is 0 Å². The van der Waals surface area contributed by atoms with Gasteiger partial charge in [-0.2, -0.15) is 13.2 Å². The number of nitrogens with one attached hydrogen (secondary N) is 1. The van der Waals surface area contributed by atoms with Crippen molar-refractivity contribution in [2.45, 2.75) is 38.4 Å². The molecule has 2 aliphatic heterocycles. The zero-order valence-electron chi connectivity index (χ0n) is 17.0. The Kier molecular flexibility index (Phi) is 5.73. The fourth-order valence-electron chi connectivity index (χ4n) is 3.75. The van der Waals surface area contributed by atoms with Crippen LogP contribution in [0, 0.1) is 0 Å². The number of nitrogens with two attached hydrogens (primary N) is 1. The molecule has 2 aliphatic rings. The first-order valence-electron chi connectivity index (χ1n) is 9.75. The van der Waals surface area contributed by atoms with Crippen LogP contribution in [0.2, 0.25) is 0 Å². The maximum atomic E-state index is 13.1. The lowest BCUT2D eigenvalue weighted by atomic mass is 10.1.